The second-order valence-corrected chi connectivity index (χ2v) is 8.07. The van der Waals surface area contributed by atoms with Gasteiger partial charge in [-0.1, -0.05) is 29.3 Å². The lowest BCUT2D eigenvalue weighted by Crippen LogP contribution is -2.33. The maximum Gasteiger partial charge on any atom is 0.252 e. The molecule has 1 N–H and O–H groups in total. The minimum absolute atomic E-state index is 0.0489. The number of ether oxygens (including phenoxy) is 1. The smallest absolute Gasteiger partial charge is 0.252 e. The predicted octanol–water partition coefficient (Wildman–Crippen LogP) is 4.94. The molecule has 28 heavy (non-hydrogen) atoms. The van der Waals surface area contributed by atoms with Crippen LogP contribution < -0.4 is 10.1 Å². The molecule has 1 unspecified atom stereocenters. The number of benzene rings is 2. The second-order valence-electron chi connectivity index (χ2n) is 7.63. The Balaban J connectivity index is 1.58. The lowest BCUT2D eigenvalue weighted by Gasteiger charge is -2.27. The summed E-state index contributed by atoms with van der Waals surface area (Å²) >= 11 is 6.25. The maximum absolute atomic E-state index is 13.5. The molecule has 2 aromatic carbocycles. The van der Waals surface area contributed by atoms with Crippen molar-refractivity contribution in [3.63, 3.8) is 0 Å². The third-order valence-electron chi connectivity index (χ3n) is 5.71. The van der Waals surface area contributed by atoms with Gasteiger partial charge in [-0.2, -0.15) is 0 Å². The van der Waals surface area contributed by atoms with E-state index in [2.05, 4.69) is 18.3 Å². The van der Waals surface area contributed by atoms with Gasteiger partial charge >= 0.3 is 0 Å². The van der Waals surface area contributed by atoms with Crippen molar-refractivity contribution < 1.29 is 9.53 Å². The highest BCUT2D eigenvalue weighted by Gasteiger charge is 2.28. The monoisotopic (exact) mass is 392 g/mol. The van der Waals surface area contributed by atoms with Crippen LogP contribution in [0, 0.1) is 6.92 Å². The Kier molecular flexibility index (Phi) is 4.24. The molecule has 2 heterocycles. The molecule has 1 atom stereocenters. The van der Waals surface area contributed by atoms with E-state index in [0.29, 0.717) is 11.6 Å². The summed E-state index contributed by atoms with van der Waals surface area (Å²) in [4.78, 5) is 18.2. The zero-order valence-electron chi connectivity index (χ0n) is 15.7. The van der Waals surface area contributed by atoms with E-state index in [1.165, 1.54) is 0 Å². The van der Waals surface area contributed by atoms with Crippen molar-refractivity contribution in [3.8, 4) is 5.75 Å². The highest BCUT2D eigenvalue weighted by atomic mass is 35.5. The first-order valence-corrected chi connectivity index (χ1v) is 10.1. The molecule has 1 aliphatic carbocycles. The van der Waals surface area contributed by atoms with Gasteiger partial charge in [0.2, 0.25) is 0 Å². The SMILES string of the molecule is Cc1ccc2c(c1)C(NC(=O)c1c3c(nc4ccc(Cl)cc14)CCC3)CCO2. The van der Waals surface area contributed by atoms with Gasteiger partial charge in [-0.05, 0) is 56.0 Å². The van der Waals surface area contributed by atoms with Gasteiger partial charge in [0.1, 0.15) is 5.75 Å². The third-order valence-corrected chi connectivity index (χ3v) is 5.95. The number of aryl methyl sites for hydroxylation is 2. The van der Waals surface area contributed by atoms with Gasteiger partial charge in [-0.25, -0.2) is 0 Å². The Bertz CT molecular complexity index is 1110. The molecule has 3 aromatic rings. The first-order valence-electron chi connectivity index (χ1n) is 9.75. The Morgan fingerprint density at radius 3 is 3.00 bits per heavy atom. The average Bonchev–Trinajstić information content (AvgIpc) is 3.14. The van der Waals surface area contributed by atoms with Gasteiger partial charge in [0.05, 0.1) is 23.7 Å². The van der Waals surface area contributed by atoms with Gasteiger partial charge in [0, 0.05) is 28.1 Å². The zero-order valence-corrected chi connectivity index (χ0v) is 16.5. The van der Waals surface area contributed by atoms with Crippen molar-refractivity contribution >= 4 is 28.4 Å². The molecule has 0 radical (unpaired) electrons. The van der Waals surface area contributed by atoms with Gasteiger partial charge < -0.3 is 10.1 Å². The minimum atomic E-state index is -0.0596. The maximum atomic E-state index is 13.5. The van der Waals surface area contributed by atoms with Crippen LogP contribution >= 0.6 is 11.6 Å². The molecule has 0 spiro atoms. The van der Waals surface area contributed by atoms with Crippen molar-refractivity contribution in [1.82, 2.24) is 10.3 Å². The summed E-state index contributed by atoms with van der Waals surface area (Å²) in [5.41, 5.74) is 5.89. The van der Waals surface area contributed by atoms with Crippen LogP contribution in [0.2, 0.25) is 5.02 Å². The van der Waals surface area contributed by atoms with E-state index in [1.807, 2.05) is 30.3 Å². The van der Waals surface area contributed by atoms with E-state index < -0.39 is 0 Å². The van der Waals surface area contributed by atoms with Crippen LogP contribution in [0.3, 0.4) is 0 Å². The van der Waals surface area contributed by atoms with Crippen LogP contribution in [-0.2, 0) is 12.8 Å². The van der Waals surface area contributed by atoms with Gasteiger partial charge in [-0.15, -0.1) is 0 Å². The molecule has 0 bridgehead atoms. The van der Waals surface area contributed by atoms with Crippen LogP contribution in [0.15, 0.2) is 36.4 Å². The van der Waals surface area contributed by atoms with Crippen LogP contribution in [0.1, 0.15) is 51.6 Å². The summed E-state index contributed by atoms with van der Waals surface area (Å²) in [7, 11) is 0. The lowest BCUT2D eigenvalue weighted by molar-refractivity contribution is 0.0925. The number of aromatic nitrogens is 1. The predicted molar refractivity (Wildman–Crippen MR) is 110 cm³/mol. The number of pyridine rings is 1. The van der Waals surface area contributed by atoms with E-state index in [-0.39, 0.29) is 11.9 Å². The largest absolute Gasteiger partial charge is 0.493 e. The summed E-state index contributed by atoms with van der Waals surface area (Å²) in [6.45, 7) is 2.65. The molecule has 142 valence electrons. The summed E-state index contributed by atoms with van der Waals surface area (Å²) in [5.74, 6) is 0.808. The van der Waals surface area contributed by atoms with Crippen LogP contribution in [0.5, 0.6) is 5.75 Å². The quantitative estimate of drug-likeness (QED) is 0.672. The molecule has 5 rings (SSSR count). The molecule has 0 fully saturated rings. The molecule has 2 aliphatic rings. The lowest BCUT2D eigenvalue weighted by atomic mass is 9.96. The number of rotatable bonds is 2. The first-order chi connectivity index (χ1) is 13.6. The number of halogens is 1. The fraction of sp³-hybridized carbons (Fsp3) is 0.304. The zero-order chi connectivity index (χ0) is 19.3. The van der Waals surface area contributed by atoms with E-state index in [1.54, 1.807) is 0 Å². The molecule has 5 heteroatoms. The van der Waals surface area contributed by atoms with Crippen LogP contribution in [0.4, 0.5) is 0 Å². The Labute approximate surface area is 168 Å². The highest BCUT2D eigenvalue weighted by molar-refractivity contribution is 6.31. The number of hydrogen-bond donors (Lipinski definition) is 1. The van der Waals surface area contributed by atoms with Gasteiger partial charge in [-0.3, -0.25) is 9.78 Å². The number of carbonyl (C=O) groups excluding carboxylic acids is 1. The number of carbonyl (C=O) groups is 1. The number of hydrogen-bond acceptors (Lipinski definition) is 3. The number of fused-ring (bicyclic) bond motifs is 3. The van der Waals surface area contributed by atoms with E-state index in [0.717, 1.165) is 70.3 Å². The summed E-state index contributed by atoms with van der Waals surface area (Å²) in [5, 5.41) is 4.72. The summed E-state index contributed by atoms with van der Waals surface area (Å²) < 4.78 is 5.78. The van der Waals surface area contributed by atoms with Crippen molar-refractivity contribution in [2.24, 2.45) is 0 Å². The molecule has 0 saturated carbocycles. The Morgan fingerprint density at radius 1 is 1.21 bits per heavy atom. The number of amides is 1. The topological polar surface area (TPSA) is 51.2 Å². The van der Waals surface area contributed by atoms with Crippen molar-refractivity contribution in [2.45, 2.75) is 38.6 Å². The van der Waals surface area contributed by atoms with Gasteiger partial charge in [0.15, 0.2) is 0 Å². The Hall–Kier alpha value is -2.59. The molecule has 1 aliphatic heterocycles. The molecule has 1 aromatic heterocycles. The van der Waals surface area contributed by atoms with Crippen molar-refractivity contribution in [3.05, 3.63) is 69.4 Å². The fourth-order valence-corrected chi connectivity index (χ4v) is 4.56. The van der Waals surface area contributed by atoms with E-state index in [9.17, 15) is 4.79 Å². The van der Waals surface area contributed by atoms with Gasteiger partial charge in [0.25, 0.3) is 5.91 Å². The molecule has 1 amide bonds. The van der Waals surface area contributed by atoms with Crippen molar-refractivity contribution in [2.75, 3.05) is 6.61 Å². The molecular formula is C23H21ClN2O2. The number of nitrogens with one attached hydrogen (secondary N) is 1. The summed E-state index contributed by atoms with van der Waals surface area (Å²) in [6, 6.07) is 11.7. The standard InChI is InChI=1S/C23H21ClN2O2/c1-13-5-8-21-16(11-13)20(9-10-28-21)26-23(27)22-15-3-2-4-18(15)25-19-7-6-14(24)12-17(19)22/h5-8,11-12,20H,2-4,9-10H2,1H3,(H,26,27). The Morgan fingerprint density at radius 2 is 2.11 bits per heavy atom. The normalized spacial score (nSPS) is 17.7. The first kappa shape index (κ1) is 17.5. The fourth-order valence-electron chi connectivity index (χ4n) is 4.39. The van der Waals surface area contributed by atoms with E-state index >= 15 is 0 Å². The summed E-state index contributed by atoms with van der Waals surface area (Å²) in [6.07, 6.45) is 3.60. The van der Waals surface area contributed by atoms with Crippen molar-refractivity contribution in [1.29, 1.82) is 0 Å². The second kappa shape index (κ2) is 6.78. The van der Waals surface area contributed by atoms with Crippen LogP contribution in [-0.4, -0.2) is 17.5 Å². The highest BCUT2D eigenvalue weighted by Crippen LogP contribution is 2.35. The van der Waals surface area contributed by atoms with Crippen LogP contribution in [0.25, 0.3) is 10.9 Å². The minimum Gasteiger partial charge on any atom is -0.493 e. The third kappa shape index (κ3) is 2.92. The molecular weight excluding hydrogens is 372 g/mol. The van der Waals surface area contributed by atoms with E-state index in [4.69, 9.17) is 21.3 Å². The molecule has 4 nitrogen and oxygen atoms in total. The number of nitrogens with zero attached hydrogens (tertiary/aromatic N) is 1. The average molecular weight is 393 g/mol. The molecule has 0 saturated heterocycles.